The minimum absolute atomic E-state index is 0.0797. The number of rotatable bonds is 8. The summed E-state index contributed by atoms with van der Waals surface area (Å²) in [5.74, 6) is -1.02. The first-order valence-electron chi connectivity index (χ1n) is 16.3. The van der Waals surface area contributed by atoms with Crippen LogP contribution >= 0.6 is 11.6 Å². The number of fused-ring (bicyclic) bond motifs is 2. The molecule has 244 valence electrons. The fraction of sp³-hybridized carbons (Fsp3) is 0.486. The number of carbonyl (C=O) groups excluding carboxylic acids is 1. The number of likely N-dealkylation sites (tertiary alicyclic amines) is 1. The summed E-state index contributed by atoms with van der Waals surface area (Å²) in [6.45, 7) is 14.2. The third-order valence-corrected chi connectivity index (χ3v) is 9.42. The van der Waals surface area contributed by atoms with E-state index in [0.717, 1.165) is 66.0 Å². The van der Waals surface area contributed by atoms with Crippen LogP contribution in [0.2, 0.25) is 5.02 Å². The van der Waals surface area contributed by atoms with Crippen LogP contribution in [0.25, 0.3) is 10.8 Å². The van der Waals surface area contributed by atoms with Crippen molar-refractivity contribution in [2.75, 3.05) is 55.7 Å². The molecule has 11 heteroatoms. The first-order valence-corrected chi connectivity index (χ1v) is 16.7. The van der Waals surface area contributed by atoms with Crippen molar-refractivity contribution in [3.8, 4) is 12.1 Å². The average Bonchev–Trinajstić information content (AvgIpc) is 3.55. The number of likely N-dealkylation sites (N-methyl/N-ethyl adjacent to an activating group) is 1. The molecule has 2 aromatic carbocycles. The van der Waals surface area contributed by atoms with Crippen LogP contribution in [-0.4, -0.2) is 83.6 Å². The molecule has 2 unspecified atom stereocenters. The van der Waals surface area contributed by atoms with Crippen molar-refractivity contribution in [2.45, 2.75) is 65.1 Å². The second-order valence-electron chi connectivity index (χ2n) is 11.6. The molecule has 4 heterocycles. The van der Waals surface area contributed by atoms with Crippen molar-refractivity contribution in [1.29, 1.82) is 5.26 Å². The fourth-order valence-electron chi connectivity index (χ4n) is 6.88. The third kappa shape index (κ3) is 6.91. The Labute approximate surface area is 276 Å². The molecule has 3 aliphatic heterocycles. The summed E-state index contributed by atoms with van der Waals surface area (Å²) in [5, 5.41) is 12.3. The number of piperazine rings is 1. The number of anilines is 2. The molecule has 2 fully saturated rings. The molecular weight excluding hydrogens is 605 g/mol. The minimum Gasteiger partial charge on any atom is -0.462 e. The highest BCUT2D eigenvalue weighted by Crippen LogP contribution is 2.37. The Bertz CT molecular complexity index is 1610. The highest BCUT2D eigenvalue weighted by atomic mass is 35.5. The smallest absolute Gasteiger partial charge is 0.318 e. The van der Waals surface area contributed by atoms with Crippen molar-refractivity contribution in [3.05, 3.63) is 65.1 Å². The number of nitrogens with zero attached hydrogens (tertiary/aromatic N) is 7. The summed E-state index contributed by atoms with van der Waals surface area (Å²) in [5.41, 5.74) is 2.96. The Balaban J connectivity index is 0.00000204. The molecule has 9 nitrogen and oxygen atoms in total. The van der Waals surface area contributed by atoms with E-state index in [1.807, 2.05) is 32.0 Å². The summed E-state index contributed by atoms with van der Waals surface area (Å²) < 4.78 is 20.1. The third-order valence-electron chi connectivity index (χ3n) is 9.11. The highest BCUT2D eigenvalue weighted by Gasteiger charge is 2.35. The number of hydrogen-bond acceptors (Lipinski definition) is 8. The van der Waals surface area contributed by atoms with Crippen molar-refractivity contribution in [3.63, 3.8) is 0 Å². The van der Waals surface area contributed by atoms with Gasteiger partial charge in [0.15, 0.2) is 5.83 Å². The van der Waals surface area contributed by atoms with E-state index in [1.54, 1.807) is 0 Å². The maximum atomic E-state index is 13.8. The highest BCUT2D eigenvalue weighted by molar-refractivity contribution is 6.36. The van der Waals surface area contributed by atoms with Gasteiger partial charge >= 0.3 is 6.01 Å². The van der Waals surface area contributed by atoms with Crippen molar-refractivity contribution in [2.24, 2.45) is 0 Å². The monoisotopic (exact) mass is 647 g/mol. The zero-order valence-electron chi connectivity index (χ0n) is 27.0. The van der Waals surface area contributed by atoms with Gasteiger partial charge in [-0.05, 0) is 49.9 Å². The zero-order valence-corrected chi connectivity index (χ0v) is 27.8. The Hall–Kier alpha value is -3.94. The van der Waals surface area contributed by atoms with Gasteiger partial charge in [0.05, 0.1) is 35.8 Å². The molecule has 46 heavy (non-hydrogen) atoms. The fourth-order valence-corrected chi connectivity index (χ4v) is 7.16. The number of carbonyl (C=O) groups is 1. The standard InChI is InChI=1S/C33H37ClFN7O2.C2H6/c1-3-39-15-6-9-25(39)21-44-33-37-28-20-40(29-11-5-8-23-7-4-10-27(34)30(23)29)16-13-26(28)31(38-33)41-17-18-42(32(43)22(2)35)24(19-41)12-14-36;1-2/h4-5,7-8,10-11,24-25H,2-3,6,9,12-13,15-21H2,1H3;1-2H3. The largest absolute Gasteiger partial charge is 0.462 e. The molecule has 2 atom stereocenters. The van der Waals surface area contributed by atoms with Gasteiger partial charge in [0.25, 0.3) is 5.91 Å². The Morgan fingerprint density at radius 1 is 1.11 bits per heavy atom. The lowest BCUT2D eigenvalue weighted by molar-refractivity contribution is -0.131. The molecule has 2 saturated heterocycles. The number of amides is 1. The summed E-state index contributed by atoms with van der Waals surface area (Å²) in [7, 11) is 0. The van der Waals surface area contributed by atoms with Crippen LogP contribution in [0.15, 0.2) is 48.8 Å². The topological polar surface area (TPSA) is 88.8 Å². The van der Waals surface area contributed by atoms with E-state index in [-0.39, 0.29) is 13.0 Å². The Morgan fingerprint density at radius 2 is 1.89 bits per heavy atom. The lowest BCUT2D eigenvalue weighted by atomic mass is 10.0. The molecule has 0 spiro atoms. The first kappa shape index (κ1) is 33.4. The average molecular weight is 648 g/mol. The maximum absolute atomic E-state index is 13.8. The molecule has 1 aromatic heterocycles. The van der Waals surface area contributed by atoms with Crippen LogP contribution in [0.5, 0.6) is 6.01 Å². The van der Waals surface area contributed by atoms with Crippen molar-refractivity contribution >= 4 is 39.8 Å². The van der Waals surface area contributed by atoms with Crippen molar-refractivity contribution in [1.82, 2.24) is 19.8 Å². The maximum Gasteiger partial charge on any atom is 0.318 e. The van der Waals surface area contributed by atoms with E-state index in [0.29, 0.717) is 49.7 Å². The van der Waals surface area contributed by atoms with Gasteiger partial charge in [-0.1, -0.05) is 63.2 Å². The molecule has 1 amide bonds. The van der Waals surface area contributed by atoms with Crippen LogP contribution in [0.3, 0.4) is 0 Å². The lowest BCUT2D eigenvalue weighted by Crippen LogP contribution is -2.55. The lowest BCUT2D eigenvalue weighted by Gasteiger charge is -2.42. The van der Waals surface area contributed by atoms with Crippen LogP contribution in [0, 0.1) is 11.3 Å². The summed E-state index contributed by atoms with van der Waals surface area (Å²) in [6.07, 6.45) is 3.00. The molecule has 3 aliphatic rings. The second kappa shape index (κ2) is 15.1. The predicted molar refractivity (Wildman–Crippen MR) is 181 cm³/mol. The predicted octanol–water partition coefficient (Wildman–Crippen LogP) is 6.15. The summed E-state index contributed by atoms with van der Waals surface area (Å²) in [4.78, 5) is 30.6. The van der Waals surface area contributed by atoms with Gasteiger partial charge in [0, 0.05) is 48.9 Å². The number of aromatic nitrogens is 2. The Kier molecular flexibility index (Phi) is 11.0. The van der Waals surface area contributed by atoms with Gasteiger partial charge in [0.2, 0.25) is 0 Å². The number of ether oxygens (including phenoxy) is 1. The minimum atomic E-state index is -1.02. The Morgan fingerprint density at radius 3 is 2.63 bits per heavy atom. The molecule has 0 aliphatic carbocycles. The summed E-state index contributed by atoms with van der Waals surface area (Å²) >= 11 is 6.69. The SMILES string of the molecule is C=C(F)C(=O)N1CCN(c2nc(OCC3CCCN3CC)nc3c2CCN(c2cccc4cccc(Cl)c24)C3)CC1CC#N.CC. The second-order valence-corrected chi connectivity index (χ2v) is 12.1. The quantitative estimate of drug-likeness (QED) is 0.269. The van der Waals surface area contributed by atoms with Gasteiger partial charge in [-0.25, -0.2) is 4.39 Å². The molecule has 6 rings (SSSR count). The van der Waals surface area contributed by atoms with Gasteiger partial charge in [-0.2, -0.15) is 15.2 Å². The van der Waals surface area contributed by atoms with Crippen LogP contribution < -0.4 is 14.5 Å². The van der Waals surface area contributed by atoms with E-state index in [1.165, 1.54) is 4.90 Å². The first-order chi connectivity index (χ1) is 22.4. The molecule has 3 aromatic rings. The van der Waals surface area contributed by atoms with Gasteiger partial charge in [0.1, 0.15) is 12.4 Å². The van der Waals surface area contributed by atoms with E-state index < -0.39 is 17.8 Å². The molecule has 0 radical (unpaired) electrons. The van der Waals surface area contributed by atoms with Gasteiger partial charge < -0.3 is 19.4 Å². The number of halogens is 2. The van der Waals surface area contributed by atoms with Crippen LogP contribution in [0.1, 0.15) is 51.3 Å². The van der Waals surface area contributed by atoms with Crippen LogP contribution in [0.4, 0.5) is 15.9 Å². The molecular formula is C35H43ClFN7O2. The molecule has 0 N–H and O–H groups in total. The van der Waals surface area contributed by atoms with E-state index in [2.05, 4.69) is 52.5 Å². The number of benzene rings is 2. The van der Waals surface area contributed by atoms with Gasteiger partial charge in [-0.15, -0.1) is 0 Å². The van der Waals surface area contributed by atoms with Crippen molar-refractivity contribution < 1.29 is 13.9 Å². The molecule has 0 saturated carbocycles. The number of nitriles is 1. The molecule has 0 bridgehead atoms. The van der Waals surface area contributed by atoms with E-state index >= 15 is 0 Å². The number of hydrogen-bond donors (Lipinski definition) is 0. The summed E-state index contributed by atoms with van der Waals surface area (Å²) in [6, 6.07) is 14.5. The van der Waals surface area contributed by atoms with E-state index in [9.17, 15) is 14.4 Å². The zero-order chi connectivity index (χ0) is 32.8. The normalized spacial score (nSPS) is 19.7. The van der Waals surface area contributed by atoms with Crippen LogP contribution in [-0.2, 0) is 17.8 Å². The van der Waals surface area contributed by atoms with Gasteiger partial charge in [-0.3, -0.25) is 9.69 Å². The van der Waals surface area contributed by atoms with E-state index in [4.69, 9.17) is 26.3 Å².